The van der Waals surface area contributed by atoms with Crippen molar-refractivity contribution in [2.75, 3.05) is 0 Å². The molecular formula is C13H9BrN2O. The van der Waals surface area contributed by atoms with Crippen LogP contribution in [0.5, 0.6) is 5.75 Å². The lowest BCUT2D eigenvalue weighted by molar-refractivity contribution is 0.477. The molecule has 0 atom stereocenters. The highest BCUT2D eigenvalue weighted by Gasteiger charge is 2.09. The number of imidazole rings is 1. The second-order valence-electron chi connectivity index (χ2n) is 3.74. The van der Waals surface area contributed by atoms with Crippen LogP contribution in [0, 0.1) is 0 Å². The lowest BCUT2D eigenvalue weighted by Crippen LogP contribution is -1.89. The van der Waals surface area contributed by atoms with Crippen LogP contribution in [0.25, 0.3) is 16.9 Å². The molecule has 0 aliphatic heterocycles. The zero-order valence-corrected chi connectivity index (χ0v) is 10.4. The Morgan fingerprint density at radius 2 is 2.00 bits per heavy atom. The number of halogens is 1. The van der Waals surface area contributed by atoms with E-state index >= 15 is 0 Å². The van der Waals surface area contributed by atoms with Crippen molar-refractivity contribution < 1.29 is 5.11 Å². The van der Waals surface area contributed by atoms with E-state index < -0.39 is 0 Å². The van der Waals surface area contributed by atoms with Gasteiger partial charge in [0, 0.05) is 10.7 Å². The first-order valence-corrected chi connectivity index (χ1v) is 5.96. The number of rotatable bonds is 1. The van der Waals surface area contributed by atoms with Crippen LogP contribution >= 0.6 is 15.9 Å². The molecule has 0 spiro atoms. The summed E-state index contributed by atoms with van der Waals surface area (Å²) in [5.74, 6) is 0.980. The Morgan fingerprint density at radius 3 is 2.82 bits per heavy atom. The highest BCUT2D eigenvalue weighted by atomic mass is 79.9. The third kappa shape index (κ3) is 1.70. The number of nitrogens with zero attached hydrogens (tertiary/aromatic N) is 2. The third-order valence-corrected chi connectivity index (χ3v) is 3.13. The monoisotopic (exact) mass is 288 g/mol. The molecule has 0 aliphatic carbocycles. The number of para-hydroxylation sites is 1. The molecule has 0 saturated heterocycles. The maximum Gasteiger partial charge on any atom is 0.148 e. The number of benzene rings is 1. The topological polar surface area (TPSA) is 37.5 Å². The van der Waals surface area contributed by atoms with Crippen molar-refractivity contribution in [3.63, 3.8) is 0 Å². The van der Waals surface area contributed by atoms with Crippen molar-refractivity contribution in [2.24, 2.45) is 0 Å². The molecule has 0 aliphatic rings. The average molecular weight is 289 g/mol. The molecule has 0 saturated carbocycles. The minimum Gasteiger partial charge on any atom is -0.507 e. The molecule has 2 heterocycles. The number of aromatic hydroxyl groups is 1. The van der Waals surface area contributed by atoms with E-state index in [0.29, 0.717) is 0 Å². The Bertz CT molecular complexity index is 691. The molecule has 4 heteroatoms. The molecule has 0 bridgehead atoms. The lowest BCUT2D eigenvalue weighted by atomic mass is 10.2. The highest BCUT2D eigenvalue weighted by Crippen LogP contribution is 2.28. The van der Waals surface area contributed by atoms with E-state index in [1.165, 1.54) is 0 Å². The van der Waals surface area contributed by atoms with Gasteiger partial charge < -0.3 is 5.11 Å². The van der Waals surface area contributed by atoms with Gasteiger partial charge in [0.25, 0.3) is 0 Å². The number of hydrogen-bond acceptors (Lipinski definition) is 2. The van der Waals surface area contributed by atoms with Crippen molar-refractivity contribution in [3.05, 3.63) is 53.3 Å². The van der Waals surface area contributed by atoms with Crippen LogP contribution in [0.15, 0.2) is 53.3 Å². The summed E-state index contributed by atoms with van der Waals surface area (Å²) >= 11 is 3.42. The second kappa shape index (κ2) is 3.89. The van der Waals surface area contributed by atoms with E-state index in [1.807, 2.05) is 34.9 Å². The summed E-state index contributed by atoms with van der Waals surface area (Å²) in [7, 11) is 0. The Kier molecular flexibility index (Phi) is 2.37. The van der Waals surface area contributed by atoms with Crippen LogP contribution in [-0.4, -0.2) is 14.5 Å². The molecule has 84 valence electrons. The molecule has 0 fully saturated rings. The van der Waals surface area contributed by atoms with Gasteiger partial charge in [0.15, 0.2) is 0 Å². The fourth-order valence-corrected chi connectivity index (χ4v) is 2.19. The van der Waals surface area contributed by atoms with Crippen molar-refractivity contribution >= 4 is 21.4 Å². The fraction of sp³-hybridized carbons (Fsp3) is 0. The van der Waals surface area contributed by atoms with Gasteiger partial charge in [0.2, 0.25) is 0 Å². The van der Waals surface area contributed by atoms with Gasteiger partial charge in [0.1, 0.15) is 11.6 Å². The third-order valence-electron chi connectivity index (χ3n) is 2.64. The molecular weight excluding hydrogens is 280 g/mol. The molecule has 2 aromatic heterocycles. The molecule has 0 radical (unpaired) electrons. The smallest absolute Gasteiger partial charge is 0.148 e. The Balaban J connectivity index is 2.29. The Hall–Kier alpha value is -1.81. The van der Waals surface area contributed by atoms with E-state index in [1.54, 1.807) is 18.3 Å². The Morgan fingerprint density at radius 1 is 1.18 bits per heavy atom. The number of hydrogen-bond donors (Lipinski definition) is 1. The quantitative estimate of drug-likeness (QED) is 0.744. The van der Waals surface area contributed by atoms with Crippen LogP contribution in [0.3, 0.4) is 0 Å². The van der Waals surface area contributed by atoms with Crippen LogP contribution in [0.2, 0.25) is 0 Å². The number of aromatic nitrogens is 2. The molecule has 1 N–H and O–H groups in total. The minimum absolute atomic E-state index is 0.239. The van der Waals surface area contributed by atoms with Crippen molar-refractivity contribution in [3.8, 4) is 17.1 Å². The van der Waals surface area contributed by atoms with Crippen LogP contribution in [-0.2, 0) is 0 Å². The van der Waals surface area contributed by atoms with Crippen LogP contribution in [0.4, 0.5) is 0 Å². The predicted molar refractivity (Wildman–Crippen MR) is 70.0 cm³/mol. The van der Waals surface area contributed by atoms with E-state index in [0.717, 1.165) is 21.4 Å². The van der Waals surface area contributed by atoms with Gasteiger partial charge in [-0.25, -0.2) is 4.98 Å². The SMILES string of the molecule is Oc1ccccc1-c1ncc2cc(Br)ccn12. The highest BCUT2D eigenvalue weighted by molar-refractivity contribution is 9.10. The van der Waals surface area contributed by atoms with E-state index in [9.17, 15) is 5.11 Å². The summed E-state index contributed by atoms with van der Waals surface area (Å²) in [6.07, 6.45) is 3.71. The molecule has 0 amide bonds. The van der Waals surface area contributed by atoms with Crippen molar-refractivity contribution in [2.45, 2.75) is 0 Å². The van der Waals surface area contributed by atoms with Crippen molar-refractivity contribution in [1.82, 2.24) is 9.38 Å². The first kappa shape index (κ1) is 10.4. The molecule has 3 rings (SSSR count). The summed E-state index contributed by atoms with van der Waals surface area (Å²) in [6, 6.07) is 11.1. The summed E-state index contributed by atoms with van der Waals surface area (Å²) in [5.41, 5.74) is 1.72. The first-order chi connectivity index (χ1) is 8.25. The molecule has 3 aromatic rings. The zero-order valence-electron chi connectivity index (χ0n) is 8.84. The molecule has 3 nitrogen and oxygen atoms in total. The fourth-order valence-electron chi connectivity index (χ4n) is 1.83. The predicted octanol–water partition coefficient (Wildman–Crippen LogP) is 3.47. The zero-order chi connectivity index (χ0) is 11.8. The van der Waals surface area contributed by atoms with Crippen LogP contribution in [0.1, 0.15) is 0 Å². The van der Waals surface area contributed by atoms with E-state index in [4.69, 9.17) is 0 Å². The number of phenolic OH excluding ortho intramolecular Hbond substituents is 1. The van der Waals surface area contributed by atoms with Gasteiger partial charge in [-0.3, -0.25) is 4.40 Å². The standard InChI is InChI=1S/C13H9BrN2O/c14-9-5-6-16-10(7-9)8-15-13(16)11-3-1-2-4-12(11)17/h1-8,17H. The summed E-state index contributed by atoms with van der Waals surface area (Å²) in [4.78, 5) is 4.35. The molecule has 1 aromatic carbocycles. The van der Waals surface area contributed by atoms with Gasteiger partial charge >= 0.3 is 0 Å². The summed E-state index contributed by atoms with van der Waals surface area (Å²) < 4.78 is 2.95. The van der Waals surface area contributed by atoms with Gasteiger partial charge in [-0.15, -0.1) is 0 Å². The Labute approximate surface area is 106 Å². The average Bonchev–Trinajstić information content (AvgIpc) is 2.72. The maximum atomic E-state index is 9.83. The second-order valence-corrected chi connectivity index (χ2v) is 4.65. The first-order valence-electron chi connectivity index (χ1n) is 5.17. The lowest BCUT2D eigenvalue weighted by Gasteiger charge is -2.03. The van der Waals surface area contributed by atoms with Crippen molar-refractivity contribution in [1.29, 1.82) is 0 Å². The summed E-state index contributed by atoms with van der Waals surface area (Å²) in [6.45, 7) is 0. The molecule has 17 heavy (non-hydrogen) atoms. The van der Waals surface area contributed by atoms with Gasteiger partial charge in [0.05, 0.1) is 17.3 Å². The number of pyridine rings is 1. The van der Waals surface area contributed by atoms with Gasteiger partial charge in [-0.05, 0) is 24.3 Å². The largest absolute Gasteiger partial charge is 0.507 e. The van der Waals surface area contributed by atoms with Gasteiger partial charge in [-0.2, -0.15) is 0 Å². The number of fused-ring (bicyclic) bond motifs is 1. The summed E-state index contributed by atoms with van der Waals surface area (Å²) in [5, 5.41) is 9.83. The number of phenols is 1. The van der Waals surface area contributed by atoms with E-state index in [2.05, 4.69) is 20.9 Å². The molecule has 0 unspecified atom stereocenters. The minimum atomic E-state index is 0.239. The van der Waals surface area contributed by atoms with E-state index in [-0.39, 0.29) is 5.75 Å². The normalized spacial score (nSPS) is 10.9. The maximum absolute atomic E-state index is 9.83. The van der Waals surface area contributed by atoms with Crippen LogP contribution < -0.4 is 0 Å². The van der Waals surface area contributed by atoms with Gasteiger partial charge in [-0.1, -0.05) is 28.1 Å².